The summed E-state index contributed by atoms with van der Waals surface area (Å²) in [4.78, 5) is 9.42. The Hall–Kier alpha value is -1.95. The van der Waals surface area contributed by atoms with E-state index in [4.69, 9.17) is 10.8 Å². The molecule has 0 aliphatic heterocycles. The average Bonchev–Trinajstić information content (AvgIpc) is 3.22. The lowest BCUT2D eigenvalue weighted by atomic mass is 9.88. The first-order valence-electron chi connectivity index (χ1n) is 7.57. The predicted octanol–water partition coefficient (Wildman–Crippen LogP) is 2.07. The van der Waals surface area contributed by atoms with Gasteiger partial charge >= 0.3 is 0 Å². The topological polar surface area (TPSA) is 81.7 Å². The highest BCUT2D eigenvalue weighted by molar-refractivity contribution is 5.60. The lowest BCUT2D eigenvalue weighted by Gasteiger charge is -2.21. The maximum absolute atomic E-state index is 5.58. The van der Waals surface area contributed by atoms with E-state index in [-0.39, 0.29) is 0 Å². The van der Waals surface area contributed by atoms with Crippen molar-refractivity contribution in [2.24, 2.45) is 24.7 Å². The van der Waals surface area contributed by atoms with Crippen LogP contribution in [0.4, 0.5) is 5.82 Å². The molecule has 2 heterocycles. The third-order valence-electron chi connectivity index (χ3n) is 4.96. The van der Waals surface area contributed by atoms with E-state index in [1.165, 1.54) is 25.7 Å². The normalized spacial score (nSPS) is 27.2. The molecule has 110 valence electrons. The number of hydrogen-bond donors (Lipinski definition) is 2. The van der Waals surface area contributed by atoms with Gasteiger partial charge in [0.05, 0.1) is 11.9 Å². The minimum absolute atomic E-state index is 0.493. The van der Waals surface area contributed by atoms with E-state index in [9.17, 15) is 0 Å². The summed E-state index contributed by atoms with van der Waals surface area (Å²) < 4.78 is 1.78. The largest absolute Gasteiger partial charge is 0.308 e. The molecule has 0 radical (unpaired) electrons. The average molecular weight is 284 g/mol. The van der Waals surface area contributed by atoms with Gasteiger partial charge in [0.25, 0.3) is 0 Å². The van der Waals surface area contributed by atoms with Crippen LogP contribution in [0.25, 0.3) is 11.3 Å². The highest BCUT2D eigenvalue weighted by Gasteiger charge is 2.41. The Bertz CT molecular complexity index is 664. The predicted molar refractivity (Wildman–Crippen MR) is 80.2 cm³/mol. The maximum Gasteiger partial charge on any atom is 0.144 e. The molecule has 6 heteroatoms. The van der Waals surface area contributed by atoms with Crippen LogP contribution in [0.15, 0.2) is 18.5 Å². The van der Waals surface area contributed by atoms with Crippen molar-refractivity contribution in [2.75, 3.05) is 5.43 Å². The van der Waals surface area contributed by atoms with E-state index in [2.05, 4.69) is 15.5 Å². The van der Waals surface area contributed by atoms with Gasteiger partial charge in [-0.1, -0.05) is 6.42 Å². The second-order valence-electron chi connectivity index (χ2n) is 6.32. The van der Waals surface area contributed by atoms with Gasteiger partial charge in [0.1, 0.15) is 11.6 Å². The van der Waals surface area contributed by atoms with E-state index in [0.717, 1.165) is 28.9 Å². The van der Waals surface area contributed by atoms with E-state index in [0.29, 0.717) is 11.7 Å². The van der Waals surface area contributed by atoms with Crippen LogP contribution in [0, 0.1) is 11.8 Å². The molecule has 6 nitrogen and oxygen atoms in total. The van der Waals surface area contributed by atoms with Crippen molar-refractivity contribution in [1.82, 2.24) is 19.7 Å². The van der Waals surface area contributed by atoms with E-state index in [1.807, 2.05) is 25.5 Å². The first kappa shape index (κ1) is 12.8. The summed E-state index contributed by atoms with van der Waals surface area (Å²) in [6.07, 6.45) is 9.06. The first-order chi connectivity index (χ1) is 10.2. The standard InChI is InChI=1S/C15H20N6/c1-21-8-11(7-17-21)13-6-14(20-16)19-15(18-13)12-5-9-2-3-10(12)4-9/h6-10,12H,2-5,16H2,1H3,(H,18,19,20). The fourth-order valence-corrected chi connectivity index (χ4v) is 3.97. The van der Waals surface area contributed by atoms with Crippen molar-refractivity contribution < 1.29 is 0 Å². The molecular weight excluding hydrogens is 264 g/mol. The molecule has 2 aromatic heterocycles. The Balaban J connectivity index is 1.73. The molecule has 0 amide bonds. The number of hydrogen-bond acceptors (Lipinski definition) is 5. The SMILES string of the molecule is Cn1cc(-c2cc(NN)nc(C3CC4CCC3C4)n2)cn1. The smallest absolute Gasteiger partial charge is 0.144 e. The summed E-state index contributed by atoms with van der Waals surface area (Å²) in [5, 5.41) is 4.22. The molecule has 2 aromatic rings. The van der Waals surface area contributed by atoms with Gasteiger partial charge in [-0.15, -0.1) is 0 Å². The summed E-state index contributed by atoms with van der Waals surface area (Å²) in [6.45, 7) is 0. The van der Waals surface area contributed by atoms with Crippen molar-refractivity contribution in [3.8, 4) is 11.3 Å². The fourth-order valence-electron chi connectivity index (χ4n) is 3.97. The number of anilines is 1. The number of rotatable bonds is 3. The Morgan fingerprint density at radius 1 is 1.29 bits per heavy atom. The summed E-state index contributed by atoms with van der Waals surface area (Å²) in [5.41, 5.74) is 4.57. The summed E-state index contributed by atoms with van der Waals surface area (Å²) >= 11 is 0. The second-order valence-corrected chi connectivity index (χ2v) is 6.32. The van der Waals surface area contributed by atoms with Crippen LogP contribution in [0.3, 0.4) is 0 Å². The first-order valence-corrected chi connectivity index (χ1v) is 7.57. The van der Waals surface area contributed by atoms with E-state index < -0.39 is 0 Å². The molecule has 2 fully saturated rings. The van der Waals surface area contributed by atoms with Crippen LogP contribution in [0.2, 0.25) is 0 Å². The number of nitrogens with two attached hydrogens (primary N) is 1. The van der Waals surface area contributed by atoms with Crippen molar-refractivity contribution >= 4 is 5.82 Å². The number of nitrogens with zero attached hydrogens (tertiary/aromatic N) is 4. The zero-order chi connectivity index (χ0) is 14.4. The van der Waals surface area contributed by atoms with Crippen LogP contribution >= 0.6 is 0 Å². The van der Waals surface area contributed by atoms with E-state index >= 15 is 0 Å². The molecule has 0 aromatic carbocycles. The molecule has 3 unspecified atom stereocenters. The number of nitrogen functional groups attached to an aromatic ring is 1. The zero-order valence-electron chi connectivity index (χ0n) is 12.2. The van der Waals surface area contributed by atoms with Gasteiger partial charge < -0.3 is 5.43 Å². The highest BCUT2D eigenvalue weighted by atomic mass is 15.3. The van der Waals surface area contributed by atoms with Crippen LogP contribution in [0.1, 0.15) is 37.4 Å². The van der Waals surface area contributed by atoms with E-state index in [1.54, 1.807) is 4.68 Å². The van der Waals surface area contributed by atoms with Gasteiger partial charge in [0.15, 0.2) is 0 Å². The van der Waals surface area contributed by atoms with Crippen LogP contribution in [0.5, 0.6) is 0 Å². The summed E-state index contributed by atoms with van der Waals surface area (Å²) in [7, 11) is 1.91. The van der Waals surface area contributed by atoms with Gasteiger partial charge in [-0.05, 0) is 31.1 Å². The minimum Gasteiger partial charge on any atom is -0.308 e. The Kier molecular flexibility index (Phi) is 2.92. The molecule has 4 rings (SSSR count). The zero-order valence-corrected chi connectivity index (χ0v) is 12.2. The molecule has 2 bridgehead atoms. The summed E-state index contributed by atoms with van der Waals surface area (Å²) in [5.74, 6) is 9.33. The third kappa shape index (κ3) is 2.19. The third-order valence-corrected chi connectivity index (χ3v) is 4.96. The molecule has 2 saturated carbocycles. The maximum atomic E-state index is 5.58. The molecule has 3 atom stereocenters. The number of fused-ring (bicyclic) bond motifs is 2. The number of nitrogens with one attached hydrogen (secondary N) is 1. The number of hydrazine groups is 1. The van der Waals surface area contributed by atoms with Crippen LogP contribution in [-0.4, -0.2) is 19.7 Å². The van der Waals surface area contributed by atoms with Gasteiger partial charge in [-0.25, -0.2) is 15.8 Å². The van der Waals surface area contributed by atoms with Crippen molar-refractivity contribution in [1.29, 1.82) is 0 Å². The van der Waals surface area contributed by atoms with Gasteiger partial charge in [0, 0.05) is 30.8 Å². The van der Waals surface area contributed by atoms with Gasteiger partial charge in [-0.2, -0.15) is 5.10 Å². The Labute approximate surface area is 123 Å². The lowest BCUT2D eigenvalue weighted by molar-refractivity contribution is 0.406. The molecule has 21 heavy (non-hydrogen) atoms. The second kappa shape index (κ2) is 4.80. The van der Waals surface area contributed by atoms with Gasteiger partial charge in [-0.3, -0.25) is 4.68 Å². The number of aromatic nitrogens is 4. The fraction of sp³-hybridized carbons (Fsp3) is 0.533. The Morgan fingerprint density at radius 3 is 2.81 bits per heavy atom. The van der Waals surface area contributed by atoms with Crippen molar-refractivity contribution in [3.05, 3.63) is 24.3 Å². The molecule has 2 aliphatic carbocycles. The lowest BCUT2D eigenvalue weighted by Crippen LogP contribution is -2.16. The molecule has 3 N–H and O–H groups in total. The van der Waals surface area contributed by atoms with Gasteiger partial charge in [0.2, 0.25) is 0 Å². The molecule has 0 spiro atoms. The Morgan fingerprint density at radius 2 is 2.19 bits per heavy atom. The molecule has 0 saturated heterocycles. The number of aryl methyl sites for hydroxylation is 1. The van der Waals surface area contributed by atoms with Crippen LogP contribution in [-0.2, 0) is 7.05 Å². The van der Waals surface area contributed by atoms with Crippen molar-refractivity contribution in [2.45, 2.75) is 31.6 Å². The summed E-state index contributed by atoms with van der Waals surface area (Å²) in [6, 6.07) is 1.88. The highest BCUT2D eigenvalue weighted by Crippen LogP contribution is 2.52. The monoisotopic (exact) mass is 284 g/mol. The quantitative estimate of drug-likeness (QED) is 0.666. The van der Waals surface area contributed by atoms with Crippen LogP contribution < -0.4 is 11.3 Å². The molecule has 2 aliphatic rings. The van der Waals surface area contributed by atoms with Crippen molar-refractivity contribution in [3.63, 3.8) is 0 Å². The minimum atomic E-state index is 0.493. The molecular formula is C15H20N6.